The van der Waals surface area contributed by atoms with E-state index in [9.17, 15) is 9.59 Å². The largest absolute Gasteiger partial charge is 0.494 e. The Hall–Kier alpha value is -2.82. The molecule has 0 unspecified atom stereocenters. The third-order valence-electron chi connectivity index (χ3n) is 5.04. The zero-order valence-corrected chi connectivity index (χ0v) is 18.6. The summed E-state index contributed by atoms with van der Waals surface area (Å²) in [5.74, 6) is 0.677. The van der Waals surface area contributed by atoms with Crippen LogP contribution in [0.15, 0.2) is 48.5 Å². The highest BCUT2D eigenvalue weighted by Gasteiger charge is 2.27. The van der Waals surface area contributed by atoms with E-state index in [1.165, 1.54) is 11.1 Å². The summed E-state index contributed by atoms with van der Waals surface area (Å²) in [5, 5.41) is 2.86. The summed E-state index contributed by atoms with van der Waals surface area (Å²) < 4.78 is 5.75. The molecular weight excluding hydrogens is 376 g/mol. The molecule has 2 aromatic rings. The number of likely N-dealkylation sites (N-methyl/N-ethyl adjacent to an activating group) is 1. The van der Waals surface area contributed by atoms with Crippen LogP contribution in [0.2, 0.25) is 0 Å². The minimum Gasteiger partial charge on any atom is -0.494 e. The van der Waals surface area contributed by atoms with Crippen molar-refractivity contribution in [3.63, 3.8) is 0 Å². The van der Waals surface area contributed by atoms with Crippen LogP contribution < -0.4 is 10.1 Å². The summed E-state index contributed by atoms with van der Waals surface area (Å²) in [6.45, 7) is 9.33. The lowest BCUT2D eigenvalue weighted by atomic mass is 10.1. The predicted molar refractivity (Wildman–Crippen MR) is 120 cm³/mol. The van der Waals surface area contributed by atoms with Gasteiger partial charge in [0.05, 0.1) is 6.61 Å². The maximum Gasteiger partial charge on any atom is 0.242 e. The molecule has 30 heavy (non-hydrogen) atoms. The van der Waals surface area contributed by atoms with Gasteiger partial charge in [0.2, 0.25) is 11.8 Å². The van der Waals surface area contributed by atoms with E-state index < -0.39 is 6.04 Å². The molecular formula is C25H34N2O3. The molecule has 0 spiro atoms. The molecule has 5 nitrogen and oxygen atoms in total. The Morgan fingerprint density at radius 3 is 2.13 bits per heavy atom. The molecule has 0 bridgehead atoms. The summed E-state index contributed by atoms with van der Waals surface area (Å²) in [4.78, 5) is 27.4. The van der Waals surface area contributed by atoms with Gasteiger partial charge in [-0.05, 0) is 51.3 Å². The smallest absolute Gasteiger partial charge is 0.242 e. The van der Waals surface area contributed by atoms with E-state index in [-0.39, 0.29) is 11.8 Å². The van der Waals surface area contributed by atoms with Crippen LogP contribution in [-0.4, -0.2) is 35.9 Å². The molecule has 5 heteroatoms. The van der Waals surface area contributed by atoms with Gasteiger partial charge in [-0.1, -0.05) is 54.4 Å². The van der Waals surface area contributed by atoms with E-state index in [1.807, 2.05) is 76.2 Å². The summed E-state index contributed by atoms with van der Waals surface area (Å²) in [6, 6.07) is 15.5. The van der Waals surface area contributed by atoms with Gasteiger partial charge in [0.25, 0.3) is 0 Å². The van der Waals surface area contributed by atoms with Crippen LogP contribution in [-0.2, 0) is 16.1 Å². The first-order valence-electron chi connectivity index (χ1n) is 10.8. The van der Waals surface area contributed by atoms with Gasteiger partial charge >= 0.3 is 0 Å². The number of amides is 2. The molecule has 0 aliphatic heterocycles. The third-order valence-corrected chi connectivity index (χ3v) is 5.04. The number of nitrogens with one attached hydrogen (secondary N) is 1. The summed E-state index contributed by atoms with van der Waals surface area (Å²) >= 11 is 0. The second kappa shape index (κ2) is 12.0. The lowest BCUT2D eigenvalue weighted by Gasteiger charge is -2.30. The lowest BCUT2D eigenvalue weighted by Crippen LogP contribution is -2.49. The van der Waals surface area contributed by atoms with E-state index in [4.69, 9.17) is 4.74 Å². The Kier molecular flexibility index (Phi) is 9.39. The molecule has 1 N–H and O–H groups in total. The van der Waals surface area contributed by atoms with Gasteiger partial charge in [-0.15, -0.1) is 0 Å². The van der Waals surface area contributed by atoms with Gasteiger partial charge in [-0.25, -0.2) is 0 Å². The van der Waals surface area contributed by atoms with Gasteiger partial charge in [0, 0.05) is 19.5 Å². The number of carbonyl (C=O) groups excluding carboxylic acids is 2. The number of hydrogen-bond donors (Lipinski definition) is 1. The van der Waals surface area contributed by atoms with Crippen LogP contribution in [0.5, 0.6) is 5.75 Å². The second-order valence-corrected chi connectivity index (χ2v) is 7.59. The van der Waals surface area contributed by atoms with Crippen LogP contribution in [0.3, 0.4) is 0 Å². The van der Waals surface area contributed by atoms with Crippen LogP contribution >= 0.6 is 0 Å². The van der Waals surface area contributed by atoms with E-state index in [0.29, 0.717) is 39.0 Å². The summed E-state index contributed by atoms with van der Waals surface area (Å²) in [7, 11) is 0. The van der Waals surface area contributed by atoms with Crippen molar-refractivity contribution in [1.82, 2.24) is 10.2 Å². The van der Waals surface area contributed by atoms with Crippen molar-refractivity contribution in [2.45, 2.75) is 59.5 Å². The van der Waals surface area contributed by atoms with Gasteiger partial charge < -0.3 is 15.0 Å². The molecule has 0 heterocycles. The zero-order chi connectivity index (χ0) is 21.9. The normalized spacial score (nSPS) is 11.6. The average Bonchev–Trinajstić information content (AvgIpc) is 2.74. The fourth-order valence-corrected chi connectivity index (χ4v) is 3.29. The molecule has 0 saturated heterocycles. The van der Waals surface area contributed by atoms with Crippen molar-refractivity contribution >= 4 is 11.8 Å². The summed E-state index contributed by atoms with van der Waals surface area (Å²) in [5.41, 5.74) is 3.37. The van der Waals surface area contributed by atoms with Gasteiger partial charge in [-0.3, -0.25) is 9.59 Å². The van der Waals surface area contributed by atoms with Crippen molar-refractivity contribution in [2.24, 2.45) is 0 Å². The number of aryl methyl sites for hydroxylation is 2. The van der Waals surface area contributed by atoms with E-state index >= 15 is 0 Å². The van der Waals surface area contributed by atoms with Crippen molar-refractivity contribution < 1.29 is 14.3 Å². The van der Waals surface area contributed by atoms with Crippen LogP contribution in [0.25, 0.3) is 0 Å². The fraction of sp³-hybridized carbons (Fsp3) is 0.440. The van der Waals surface area contributed by atoms with Crippen molar-refractivity contribution in [1.29, 1.82) is 0 Å². The Morgan fingerprint density at radius 2 is 1.57 bits per heavy atom. The molecule has 0 radical (unpaired) electrons. The molecule has 162 valence electrons. The molecule has 0 aliphatic carbocycles. The van der Waals surface area contributed by atoms with Gasteiger partial charge in [-0.2, -0.15) is 0 Å². The molecule has 0 aromatic heterocycles. The maximum absolute atomic E-state index is 13.1. The number of benzene rings is 2. The molecule has 1 atom stereocenters. The number of ether oxygens (including phenoxy) is 1. The highest BCUT2D eigenvalue weighted by Crippen LogP contribution is 2.16. The number of rotatable bonds is 11. The Balaban J connectivity index is 2.01. The first kappa shape index (κ1) is 23.5. The number of carbonyl (C=O) groups is 2. The average molecular weight is 411 g/mol. The first-order valence-corrected chi connectivity index (χ1v) is 10.8. The van der Waals surface area contributed by atoms with E-state index in [2.05, 4.69) is 5.32 Å². The van der Waals surface area contributed by atoms with Crippen LogP contribution in [0.1, 0.15) is 49.8 Å². The van der Waals surface area contributed by atoms with E-state index in [0.717, 1.165) is 11.3 Å². The van der Waals surface area contributed by atoms with Gasteiger partial charge in [0.15, 0.2) is 0 Å². The number of hydrogen-bond acceptors (Lipinski definition) is 3. The first-order chi connectivity index (χ1) is 14.4. The lowest BCUT2D eigenvalue weighted by molar-refractivity contribution is -0.141. The fourth-order valence-electron chi connectivity index (χ4n) is 3.29. The SMILES string of the molecule is CCNC(=O)[C@@H](CC)N(Cc1ccc(C)cc1)C(=O)CCCOc1ccc(C)cc1. The van der Waals surface area contributed by atoms with Gasteiger partial charge in [0.1, 0.15) is 11.8 Å². The van der Waals surface area contributed by atoms with E-state index in [1.54, 1.807) is 4.90 Å². The highest BCUT2D eigenvalue weighted by molar-refractivity contribution is 5.87. The van der Waals surface area contributed by atoms with Crippen molar-refractivity contribution in [3.05, 3.63) is 65.2 Å². The quantitative estimate of drug-likeness (QED) is 0.559. The Labute approximate surface area is 180 Å². The van der Waals surface area contributed by atoms with Crippen molar-refractivity contribution in [2.75, 3.05) is 13.2 Å². The molecule has 2 rings (SSSR count). The highest BCUT2D eigenvalue weighted by atomic mass is 16.5. The molecule has 0 aliphatic rings. The van der Waals surface area contributed by atoms with Crippen LogP contribution in [0, 0.1) is 13.8 Å². The topological polar surface area (TPSA) is 58.6 Å². The zero-order valence-electron chi connectivity index (χ0n) is 18.6. The predicted octanol–water partition coefficient (Wildman–Crippen LogP) is 4.41. The molecule has 2 aromatic carbocycles. The minimum absolute atomic E-state index is 0.0267. The summed E-state index contributed by atoms with van der Waals surface area (Å²) in [6.07, 6.45) is 1.51. The Morgan fingerprint density at radius 1 is 0.967 bits per heavy atom. The monoisotopic (exact) mass is 410 g/mol. The minimum atomic E-state index is -0.475. The second-order valence-electron chi connectivity index (χ2n) is 7.59. The Bertz CT molecular complexity index is 800. The third kappa shape index (κ3) is 7.21. The van der Waals surface area contributed by atoms with Crippen molar-refractivity contribution in [3.8, 4) is 5.75 Å². The molecule has 2 amide bonds. The maximum atomic E-state index is 13.1. The molecule has 0 saturated carbocycles. The van der Waals surface area contributed by atoms with Crippen LogP contribution in [0.4, 0.5) is 0 Å². The molecule has 0 fully saturated rings. The number of nitrogens with zero attached hydrogens (tertiary/aromatic N) is 1. The standard InChI is InChI=1S/C25H34N2O3/c1-5-23(25(29)26-6-2)27(18-21-13-9-19(3)10-14-21)24(28)8-7-17-30-22-15-11-20(4)12-16-22/h9-16,23H,5-8,17-18H2,1-4H3,(H,26,29)/t23-/m1/s1.